The first-order chi connectivity index (χ1) is 14.6. The fourth-order valence-corrected chi connectivity index (χ4v) is 4.30. The second-order valence-corrected chi connectivity index (χ2v) is 8.18. The third kappa shape index (κ3) is 3.51. The van der Waals surface area contributed by atoms with Crippen LogP contribution in [0, 0.1) is 0 Å². The van der Waals surface area contributed by atoms with Gasteiger partial charge in [0.25, 0.3) is 0 Å². The topological polar surface area (TPSA) is 34.1 Å². The summed E-state index contributed by atoms with van der Waals surface area (Å²) in [6.07, 6.45) is 0.440. The minimum Gasteiger partial charge on any atom is -0.494 e. The molecule has 30 heavy (non-hydrogen) atoms. The van der Waals surface area contributed by atoms with Crippen molar-refractivity contribution in [2.45, 2.75) is 25.6 Å². The normalized spacial score (nSPS) is 19.6. The second kappa shape index (κ2) is 7.86. The highest BCUT2D eigenvalue weighted by Crippen LogP contribution is 2.48. The summed E-state index contributed by atoms with van der Waals surface area (Å²) < 4.78 is 12.0. The van der Waals surface area contributed by atoms with E-state index in [1.165, 1.54) is 0 Å². The Morgan fingerprint density at radius 3 is 2.47 bits per heavy atom. The van der Waals surface area contributed by atoms with Crippen LogP contribution in [0.3, 0.4) is 0 Å². The van der Waals surface area contributed by atoms with Gasteiger partial charge in [0.15, 0.2) is 0 Å². The third-order valence-corrected chi connectivity index (χ3v) is 5.89. The number of hydrogen-bond acceptors (Lipinski definition) is 4. The lowest BCUT2D eigenvalue weighted by molar-refractivity contribution is -0.0190. The zero-order valence-electron chi connectivity index (χ0n) is 16.4. The van der Waals surface area contributed by atoms with Crippen LogP contribution in [0.2, 0.25) is 10.0 Å². The Balaban J connectivity index is 1.55. The van der Waals surface area contributed by atoms with Crippen molar-refractivity contribution >= 4 is 28.9 Å². The molecule has 0 amide bonds. The van der Waals surface area contributed by atoms with Gasteiger partial charge in [0.2, 0.25) is 6.23 Å². The van der Waals surface area contributed by atoms with Crippen LogP contribution in [-0.4, -0.2) is 17.3 Å². The van der Waals surface area contributed by atoms with Gasteiger partial charge in [0.1, 0.15) is 11.5 Å². The Bertz CT molecular complexity index is 1100. The second-order valence-electron chi connectivity index (χ2n) is 7.31. The molecule has 2 heterocycles. The molecular weight excluding hydrogens is 419 g/mol. The van der Waals surface area contributed by atoms with Crippen LogP contribution in [0.4, 0.5) is 0 Å². The maximum absolute atomic E-state index is 6.39. The average molecular weight is 439 g/mol. The number of rotatable bonds is 4. The fourth-order valence-electron chi connectivity index (χ4n) is 3.99. The van der Waals surface area contributed by atoms with E-state index in [9.17, 15) is 0 Å². The Morgan fingerprint density at radius 2 is 1.73 bits per heavy atom. The molecular formula is C24H20Cl2N2O2. The van der Waals surface area contributed by atoms with Crippen LogP contribution in [-0.2, 0) is 0 Å². The number of hydrogen-bond donors (Lipinski definition) is 0. The lowest BCUT2D eigenvalue weighted by Gasteiger charge is -2.38. The first-order valence-corrected chi connectivity index (χ1v) is 10.7. The van der Waals surface area contributed by atoms with Gasteiger partial charge in [-0.15, -0.1) is 0 Å². The predicted molar refractivity (Wildman–Crippen MR) is 120 cm³/mol. The SMILES string of the molecule is CCOc1ccc([C@@H]2Oc3ccc(Cl)cc3[C@H]3CC(c4ccc(Cl)cc4)=NN32)cc1. The fraction of sp³-hybridized carbons (Fsp3) is 0.208. The molecule has 2 aliphatic heterocycles. The average Bonchev–Trinajstić information content (AvgIpc) is 3.20. The van der Waals surface area contributed by atoms with Gasteiger partial charge >= 0.3 is 0 Å². The van der Waals surface area contributed by atoms with Crippen LogP contribution < -0.4 is 9.47 Å². The van der Waals surface area contributed by atoms with Gasteiger partial charge < -0.3 is 9.47 Å². The van der Waals surface area contributed by atoms with Crippen molar-refractivity contribution in [2.24, 2.45) is 5.10 Å². The lowest BCUT2D eigenvalue weighted by Crippen LogP contribution is -2.33. The highest BCUT2D eigenvalue weighted by molar-refractivity contribution is 6.31. The summed E-state index contributed by atoms with van der Waals surface area (Å²) in [5.74, 6) is 1.68. The largest absolute Gasteiger partial charge is 0.494 e. The molecule has 0 unspecified atom stereocenters. The molecule has 2 aliphatic rings. The van der Waals surface area contributed by atoms with Crippen LogP contribution in [0.25, 0.3) is 0 Å². The van der Waals surface area contributed by atoms with E-state index in [4.69, 9.17) is 37.8 Å². The van der Waals surface area contributed by atoms with Crippen molar-refractivity contribution in [3.8, 4) is 11.5 Å². The maximum Gasteiger partial charge on any atom is 0.213 e. The van der Waals surface area contributed by atoms with Gasteiger partial charge in [-0.1, -0.05) is 35.3 Å². The standard InChI is InChI=1S/C24H20Cl2N2O2/c1-2-29-19-10-5-16(6-11-19)24-28-22(20-13-18(26)9-12-23(20)30-24)14-21(27-28)15-3-7-17(25)8-4-15/h3-13,22,24H,2,14H2,1H3/t22-,24+/m1/s1. The van der Waals surface area contributed by atoms with Crippen molar-refractivity contribution in [1.82, 2.24) is 5.01 Å². The number of fused-ring (bicyclic) bond motifs is 3. The summed E-state index contributed by atoms with van der Waals surface area (Å²) in [4.78, 5) is 0. The van der Waals surface area contributed by atoms with Gasteiger partial charge in [-0.25, -0.2) is 5.01 Å². The molecule has 0 aliphatic carbocycles. The minimum absolute atomic E-state index is 0.0506. The molecule has 0 bridgehead atoms. The number of benzene rings is 3. The smallest absolute Gasteiger partial charge is 0.213 e. The van der Waals surface area contributed by atoms with Crippen LogP contribution in [0.15, 0.2) is 71.8 Å². The van der Waals surface area contributed by atoms with Gasteiger partial charge in [0.05, 0.1) is 18.4 Å². The van der Waals surface area contributed by atoms with Gasteiger partial charge in [-0.3, -0.25) is 0 Å². The molecule has 5 rings (SSSR count). The molecule has 0 radical (unpaired) electrons. The summed E-state index contributed by atoms with van der Waals surface area (Å²) in [6.45, 7) is 2.61. The highest BCUT2D eigenvalue weighted by Gasteiger charge is 2.41. The molecule has 0 spiro atoms. The number of halogens is 2. The number of ether oxygens (including phenoxy) is 2. The third-order valence-electron chi connectivity index (χ3n) is 5.41. The van der Waals surface area contributed by atoms with Gasteiger partial charge in [-0.05, 0) is 67.1 Å². The number of hydrazone groups is 1. The predicted octanol–water partition coefficient (Wildman–Crippen LogP) is 6.63. The van der Waals surface area contributed by atoms with Crippen molar-refractivity contribution in [1.29, 1.82) is 0 Å². The number of nitrogens with zero attached hydrogens (tertiary/aromatic N) is 2. The molecule has 4 nitrogen and oxygen atoms in total. The Kier molecular flexibility index (Phi) is 5.05. The maximum atomic E-state index is 6.39. The van der Waals surface area contributed by atoms with E-state index >= 15 is 0 Å². The first kappa shape index (κ1) is 19.3. The van der Waals surface area contributed by atoms with E-state index in [0.29, 0.717) is 16.7 Å². The summed E-state index contributed by atoms with van der Waals surface area (Å²) in [5.41, 5.74) is 4.13. The quantitative estimate of drug-likeness (QED) is 0.457. The molecule has 0 aromatic heterocycles. The molecule has 152 valence electrons. The van der Waals surface area contributed by atoms with Crippen molar-refractivity contribution in [2.75, 3.05) is 6.61 Å². The van der Waals surface area contributed by atoms with E-state index in [2.05, 4.69) is 0 Å². The van der Waals surface area contributed by atoms with Gasteiger partial charge in [0, 0.05) is 27.6 Å². The molecule has 0 saturated carbocycles. The van der Waals surface area contributed by atoms with Gasteiger partial charge in [-0.2, -0.15) is 5.10 Å². The monoisotopic (exact) mass is 438 g/mol. The Morgan fingerprint density at radius 1 is 1.00 bits per heavy atom. The van der Waals surface area contributed by atoms with Crippen LogP contribution in [0.1, 0.15) is 42.3 Å². The van der Waals surface area contributed by atoms with E-state index in [-0.39, 0.29) is 12.3 Å². The zero-order chi connectivity index (χ0) is 20.7. The molecule has 2 atom stereocenters. The van der Waals surface area contributed by atoms with E-state index in [1.54, 1.807) is 0 Å². The Hall–Kier alpha value is -2.69. The van der Waals surface area contributed by atoms with E-state index < -0.39 is 0 Å². The summed E-state index contributed by atoms with van der Waals surface area (Å²) in [6, 6.07) is 21.6. The first-order valence-electron chi connectivity index (χ1n) is 9.93. The Labute approximate surface area is 185 Å². The van der Waals surface area contributed by atoms with Crippen molar-refractivity contribution in [3.05, 3.63) is 93.5 Å². The zero-order valence-corrected chi connectivity index (χ0v) is 17.9. The van der Waals surface area contributed by atoms with Crippen molar-refractivity contribution in [3.63, 3.8) is 0 Å². The molecule has 6 heteroatoms. The highest BCUT2D eigenvalue weighted by atomic mass is 35.5. The molecule has 3 aromatic rings. The van der Waals surface area contributed by atoms with Crippen molar-refractivity contribution < 1.29 is 9.47 Å². The summed E-state index contributed by atoms with van der Waals surface area (Å²) >= 11 is 12.4. The van der Waals surface area contributed by atoms with Crippen LogP contribution >= 0.6 is 23.2 Å². The minimum atomic E-state index is -0.329. The molecule has 0 saturated heterocycles. The molecule has 0 fully saturated rings. The van der Waals surface area contributed by atoms with Crippen LogP contribution in [0.5, 0.6) is 11.5 Å². The van der Waals surface area contributed by atoms with E-state index in [1.807, 2.05) is 78.7 Å². The summed E-state index contributed by atoms with van der Waals surface area (Å²) in [5, 5.41) is 8.40. The lowest BCUT2D eigenvalue weighted by atomic mass is 9.96. The summed E-state index contributed by atoms with van der Waals surface area (Å²) in [7, 11) is 0. The molecule has 3 aromatic carbocycles. The molecule has 0 N–H and O–H groups in total. The van der Waals surface area contributed by atoms with E-state index in [0.717, 1.165) is 40.3 Å².